The molecule has 0 radical (unpaired) electrons. The zero-order valence-electron chi connectivity index (χ0n) is 13.1. The maximum absolute atomic E-state index is 12.3. The van der Waals surface area contributed by atoms with E-state index < -0.39 is 0 Å². The second kappa shape index (κ2) is 7.50. The number of nitrogens with two attached hydrogens (primary N) is 1. The van der Waals surface area contributed by atoms with Crippen LogP contribution in [-0.2, 0) is 17.8 Å². The molecule has 0 atom stereocenters. The lowest BCUT2D eigenvalue weighted by atomic mass is 10.1. The fourth-order valence-corrected chi connectivity index (χ4v) is 2.29. The Morgan fingerprint density at radius 1 is 1.18 bits per heavy atom. The minimum Gasteiger partial charge on any atom is -0.494 e. The molecule has 2 aromatic carbocycles. The molecule has 0 saturated heterocycles. The summed E-state index contributed by atoms with van der Waals surface area (Å²) in [5.74, 6) is 0.880. The number of rotatable bonds is 6. The molecule has 2 aromatic rings. The molecule has 0 unspecified atom stereocenters. The minimum atomic E-state index is 0.0527. The van der Waals surface area contributed by atoms with E-state index in [1.54, 1.807) is 11.9 Å². The third kappa shape index (κ3) is 4.25. The number of anilines is 1. The summed E-state index contributed by atoms with van der Waals surface area (Å²) in [7, 11) is 1.80. The molecule has 0 aliphatic rings. The molecule has 0 aliphatic heterocycles. The van der Waals surface area contributed by atoms with Crippen molar-refractivity contribution in [2.24, 2.45) is 0 Å². The van der Waals surface area contributed by atoms with Crippen molar-refractivity contribution >= 4 is 11.6 Å². The molecule has 0 aliphatic carbocycles. The van der Waals surface area contributed by atoms with Gasteiger partial charge in [0.05, 0.1) is 13.0 Å². The van der Waals surface area contributed by atoms with Crippen LogP contribution in [0.5, 0.6) is 5.75 Å². The maximum Gasteiger partial charge on any atom is 0.227 e. The number of benzene rings is 2. The molecule has 0 spiro atoms. The largest absolute Gasteiger partial charge is 0.494 e. The molecule has 4 nitrogen and oxygen atoms in total. The number of nitrogen functional groups attached to an aromatic ring is 1. The normalized spacial score (nSPS) is 10.3. The van der Waals surface area contributed by atoms with E-state index in [-0.39, 0.29) is 5.91 Å². The van der Waals surface area contributed by atoms with Gasteiger partial charge in [0, 0.05) is 24.8 Å². The second-order valence-corrected chi connectivity index (χ2v) is 5.21. The summed E-state index contributed by atoms with van der Waals surface area (Å²) < 4.78 is 5.60. The molecular formula is C18H22N2O2. The standard InChI is InChI=1S/C18H22N2O2/c1-3-22-17-10-5-4-8-15(17)13-20(2)18(21)12-14-7-6-9-16(19)11-14/h4-11H,3,12-13,19H2,1-2H3. The van der Waals surface area contributed by atoms with Crippen LogP contribution in [0.4, 0.5) is 5.69 Å². The summed E-state index contributed by atoms with van der Waals surface area (Å²) in [4.78, 5) is 14.1. The topological polar surface area (TPSA) is 55.6 Å². The zero-order valence-corrected chi connectivity index (χ0v) is 13.1. The Bertz CT molecular complexity index is 640. The molecule has 2 rings (SSSR count). The van der Waals surface area contributed by atoms with Crippen molar-refractivity contribution < 1.29 is 9.53 Å². The molecule has 0 fully saturated rings. The van der Waals surface area contributed by atoms with E-state index in [2.05, 4.69) is 0 Å². The predicted molar refractivity (Wildman–Crippen MR) is 88.6 cm³/mol. The van der Waals surface area contributed by atoms with Crippen molar-refractivity contribution in [3.8, 4) is 5.75 Å². The molecule has 0 heterocycles. The van der Waals surface area contributed by atoms with Gasteiger partial charge in [-0.15, -0.1) is 0 Å². The van der Waals surface area contributed by atoms with E-state index >= 15 is 0 Å². The highest BCUT2D eigenvalue weighted by molar-refractivity contribution is 5.78. The lowest BCUT2D eigenvalue weighted by Crippen LogP contribution is -2.28. The van der Waals surface area contributed by atoms with Gasteiger partial charge in [-0.05, 0) is 30.7 Å². The fraction of sp³-hybridized carbons (Fsp3) is 0.278. The molecule has 116 valence electrons. The number of carbonyl (C=O) groups is 1. The van der Waals surface area contributed by atoms with E-state index in [1.807, 2.05) is 55.5 Å². The second-order valence-electron chi connectivity index (χ2n) is 5.21. The van der Waals surface area contributed by atoms with Gasteiger partial charge in [0.25, 0.3) is 0 Å². The summed E-state index contributed by atoms with van der Waals surface area (Å²) in [6.45, 7) is 3.08. The van der Waals surface area contributed by atoms with Crippen LogP contribution in [0.3, 0.4) is 0 Å². The quantitative estimate of drug-likeness (QED) is 0.834. The van der Waals surface area contributed by atoms with Gasteiger partial charge in [0.1, 0.15) is 5.75 Å². The summed E-state index contributed by atoms with van der Waals surface area (Å²) in [6, 6.07) is 15.2. The number of hydrogen-bond acceptors (Lipinski definition) is 3. The first-order chi connectivity index (χ1) is 10.6. The Hall–Kier alpha value is -2.49. The van der Waals surface area contributed by atoms with Gasteiger partial charge in [0.2, 0.25) is 5.91 Å². The fourth-order valence-electron chi connectivity index (χ4n) is 2.29. The Morgan fingerprint density at radius 3 is 2.68 bits per heavy atom. The van der Waals surface area contributed by atoms with E-state index in [9.17, 15) is 4.79 Å². The van der Waals surface area contributed by atoms with Gasteiger partial charge in [-0.1, -0.05) is 30.3 Å². The van der Waals surface area contributed by atoms with Crippen LogP contribution in [0, 0.1) is 0 Å². The number of hydrogen-bond donors (Lipinski definition) is 1. The molecule has 2 N–H and O–H groups in total. The van der Waals surface area contributed by atoms with Crippen LogP contribution >= 0.6 is 0 Å². The van der Waals surface area contributed by atoms with Crippen molar-refractivity contribution in [1.82, 2.24) is 4.90 Å². The molecule has 0 bridgehead atoms. The van der Waals surface area contributed by atoms with Gasteiger partial charge in [0.15, 0.2) is 0 Å². The molecular weight excluding hydrogens is 276 g/mol. The van der Waals surface area contributed by atoms with Crippen molar-refractivity contribution in [1.29, 1.82) is 0 Å². The van der Waals surface area contributed by atoms with Gasteiger partial charge in [-0.2, -0.15) is 0 Å². The Morgan fingerprint density at radius 2 is 1.95 bits per heavy atom. The molecule has 22 heavy (non-hydrogen) atoms. The smallest absolute Gasteiger partial charge is 0.227 e. The molecule has 4 heteroatoms. The van der Waals surface area contributed by atoms with Gasteiger partial charge in [-0.3, -0.25) is 4.79 Å². The van der Waals surface area contributed by atoms with E-state index in [0.717, 1.165) is 16.9 Å². The number of para-hydroxylation sites is 1. The SMILES string of the molecule is CCOc1ccccc1CN(C)C(=O)Cc1cccc(N)c1. The predicted octanol–water partition coefficient (Wildman–Crippen LogP) is 2.87. The Labute approximate surface area is 131 Å². The van der Waals surface area contributed by atoms with E-state index in [4.69, 9.17) is 10.5 Å². The third-order valence-corrected chi connectivity index (χ3v) is 3.41. The monoisotopic (exact) mass is 298 g/mol. The summed E-state index contributed by atoms with van der Waals surface area (Å²) in [5, 5.41) is 0. The highest BCUT2D eigenvalue weighted by Gasteiger charge is 2.12. The number of amides is 1. The lowest BCUT2D eigenvalue weighted by Gasteiger charge is -2.19. The highest BCUT2D eigenvalue weighted by atomic mass is 16.5. The van der Waals surface area contributed by atoms with Crippen LogP contribution in [0.25, 0.3) is 0 Å². The van der Waals surface area contributed by atoms with Gasteiger partial charge >= 0.3 is 0 Å². The van der Waals surface area contributed by atoms with Crippen molar-refractivity contribution in [3.63, 3.8) is 0 Å². The summed E-state index contributed by atoms with van der Waals surface area (Å²) in [5.41, 5.74) is 8.35. The Balaban J connectivity index is 2.02. The zero-order chi connectivity index (χ0) is 15.9. The van der Waals surface area contributed by atoms with E-state index in [0.29, 0.717) is 25.3 Å². The Kier molecular flexibility index (Phi) is 5.42. The third-order valence-electron chi connectivity index (χ3n) is 3.41. The molecule has 0 saturated carbocycles. The van der Waals surface area contributed by atoms with E-state index in [1.165, 1.54) is 0 Å². The van der Waals surface area contributed by atoms with Crippen molar-refractivity contribution in [2.75, 3.05) is 19.4 Å². The molecule has 0 aromatic heterocycles. The van der Waals surface area contributed by atoms with Crippen LogP contribution < -0.4 is 10.5 Å². The minimum absolute atomic E-state index is 0.0527. The summed E-state index contributed by atoms with van der Waals surface area (Å²) >= 11 is 0. The highest BCUT2D eigenvalue weighted by Crippen LogP contribution is 2.20. The lowest BCUT2D eigenvalue weighted by molar-refractivity contribution is -0.129. The van der Waals surface area contributed by atoms with Crippen LogP contribution in [-0.4, -0.2) is 24.5 Å². The number of likely N-dealkylation sites (N-methyl/N-ethyl adjacent to an activating group) is 1. The van der Waals surface area contributed by atoms with Crippen molar-refractivity contribution in [2.45, 2.75) is 19.9 Å². The van der Waals surface area contributed by atoms with Crippen LogP contribution in [0.2, 0.25) is 0 Å². The van der Waals surface area contributed by atoms with Crippen molar-refractivity contribution in [3.05, 3.63) is 59.7 Å². The van der Waals surface area contributed by atoms with Gasteiger partial charge < -0.3 is 15.4 Å². The van der Waals surface area contributed by atoms with Gasteiger partial charge in [-0.25, -0.2) is 0 Å². The molecule has 1 amide bonds. The number of nitrogens with zero attached hydrogens (tertiary/aromatic N) is 1. The average Bonchev–Trinajstić information content (AvgIpc) is 2.49. The first-order valence-electron chi connectivity index (χ1n) is 7.39. The first kappa shape index (κ1) is 15.9. The number of carbonyl (C=O) groups excluding carboxylic acids is 1. The van der Waals surface area contributed by atoms with Crippen LogP contribution in [0.15, 0.2) is 48.5 Å². The average molecular weight is 298 g/mol. The number of ether oxygens (including phenoxy) is 1. The van der Waals surface area contributed by atoms with Crippen LogP contribution in [0.1, 0.15) is 18.1 Å². The summed E-state index contributed by atoms with van der Waals surface area (Å²) in [6.07, 6.45) is 0.346. The first-order valence-corrected chi connectivity index (χ1v) is 7.39. The maximum atomic E-state index is 12.3.